The van der Waals surface area contributed by atoms with Gasteiger partial charge in [-0.15, -0.1) is 0 Å². The van der Waals surface area contributed by atoms with Crippen LogP contribution in [0.1, 0.15) is 5.56 Å². The lowest BCUT2D eigenvalue weighted by Crippen LogP contribution is -2.13. The molecule has 0 amide bonds. The van der Waals surface area contributed by atoms with Crippen molar-refractivity contribution in [3.8, 4) is 17.1 Å². The van der Waals surface area contributed by atoms with Crippen LogP contribution in [0.25, 0.3) is 11.4 Å². The lowest BCUT2D eigenvalue weighted by atomic mass is 10.2. The van der Waals surface area contributed by atoms with Crippen molar-refractivity contribution in [3.63, 3.8) is 0 Å². The molecule has 0 saturated carbocycles. The minimum absolute atomic E-state index is 0.203. The zero-order valence-corrected chi connectivity index (χ0v) is 16.8. The van der Waals surface area contributed by atoms with Crippen molar-refractivity contribution in [1.82, 2.24) is 8.96 Å². The molecule has 5 nitrogen and oxygen atoms in total. The SMILES string of the molecule is O=S(=O)(c1ccccc1)n1ccnc1-c1cccc(OCc2ccc(Cl)cc2)c1. The zero-order chi connectivity index (χ0) is 20.3. The fourth-order valence-corrected chi connectivity index (χ4v) is 4.32. The molecule has 4 rings (SSSR count). The monoisotopic (exact) mass is 424 g/mol. The van der Waals surface area contributed by atoms with Gasteiger partial charge in [0, 0.05) is 23.0 Å². The van der Waals surface area contributed by atoms with Crippen molar-refractivity contribution in [2.75, 3.05) is 0 Å². The summed E-state index contributed by atoms with van der Waals surface area (Å²) in [6.07, 6.45) is 2.91. The van der Waals surface area contributed by atoms with Crippen LogP contribution in [0.15, 0.2) is 96.2 Å². The Morgan fingerprint density at radius 1 is 0.931 bits per heavy atom. The van der Waals surface area contributed by atoms with E-state index in [1.165, 1.54) is 16.4 Å². The summed E-state index contributed by atoms with van der Waals surface area (Å²) in [6.45, 7) is 0.372. The van der Waals surface area contributed by atoms with Gasteiger partial charge in [-0.25, -0.2) is 17.4 Å². The van der Waals surface area contributed by atoms with Crippen LogP contribution in [0.2, 0.25) is 5.02 Å². The minimum Gasteiger partial charge on any atom is -0.489 e. The Bertz CT molecular complexity index is 1220. The molecule has 0 saturated heterocycles. The Kier molecular flexibility index (Phi) is 5.38. The summed E-state index contributed by atoms with van der Waals surface area (Å²) >= 11 is 5.90. The lowest BCUT2D eigenvalue weighted by Gasteiger charge is -2.11. The first-order valence-corrected chi connectivity index (χ1v) is 10.7. The van der Waals surface area contributed by atoms with Crippen molar-refractivity contribution in [2.24, 2.45) is 0 Å². The molecule has 146 valence electrons. The summed E-state index contributed by atoms with van der Waals surface area (Å²) in [6, 6.07) is 22.9. The third-order valence-corrected chi connectivity index (χ3v) is 6.25. The average molecular weight is 425 g/mol. The number of ether oxygens (including phenoxy) is 1. The number of rotatable bonds is 6. The fraction of sp³-hybridized carbons (Fsp3) is 0.0455. The molecule has 3 aromatic carbocycles. The van der Waals surface area contributed by atoms with Gasteiger partial charge in [0.15, 0.2) is 5.82 Å². The molecule has 0 spiro atoms. The van der Waals surface area contributed by atoms with Gasteiger partial charge in [0.2, 0.25) is 0 Å². The molecule has 0 atom stereocenters. The molecule has 29 heavy (non-hydrogen) atoms. The maximum atomic E-state index is 13.0. The summed E-state index contributed by atoms with van der Waals surface area (Å²) in [4.78, 5) is 4.46. The van der Waals surface area contributed by atoms with Gasteiger partial charge < -0.3 is 4.74 Å². The number of halogens is 1. The van der Waals surface area contributed by atoms with E-state index in [4.69, 9.17) is 16.3 Å². The Labute approximate surface area is 174 Å². The smallest absolute Gasteiger partial charge is 0.269 e. The van der Waals surface area contributed by atoms with Crippen molar-refractivity contribution >= 4 is 21.6 Å². The molecular formula is C22H17ClN2O3S. The van der Waals surface area contributed by atoms with Crippen LogP contribution >= 0.6 is 11.6 Å². The molecule has 0 fully saturated rings. The Morgan fingerprint density at radius 3 is 2.45 bits per heavy atom. The topological polar surface area (TPSA) is 61.2 Å². The summed E-state index contributed by atoms with van der Waals surface area (Å²) in [7, 11) is -3.75. The zero-order valence-electron chi connectivity index (χ0n) is 15.3. The molecule has 4 aromatic rings. The van der Waals surface area contributed by atoms with E-state index in [-0.39, 0.29) is 4.90 Å². The highest BCUT2D eigenvalue weighted by atomic mass is 35.5. The molecule has 0 unspecified atom stereocenters. The second-order valence-electron chi connectivity index (χ2n) is 6.31. The predicted octanol–water partition coefficient (Wildman–Crippen LogP) is 5.02. The Balaban J connectivity index is 1.61. The van der Waals surface area contributed by atoms with E-state index >= 15 is 0 Å². The van der Waals surface area contributed by atoms with Gasteiger partial charge in [0.05, 0.1) is 4.90 Å². The van der Waals surface area contributed by atoms with E-state index in [9.17, 15) is 8.42 Å². The predicted molar refractivity (Wildman–Crippen MR) is 112 cm³/mol. The van der Waals surface area contributed by atoms with Gasteiger partial charge in [-0.2, -0.15) is 0 Å². The van der Waals surface area contributed by atoms with Crippen molar-refractivity contribution < 1.29 is 13.2 Å². The fourth-order valence-electron chi connectivity index (χ4n) is 2.87. The maximum Gasteiger partial charge on any atom is 0.269 e. The van der Waals surface area contributed by atoms with Crippen LogP contribution < -0.4 is 4.74 Å². The highest BCUT2D eigenvalue weighted by Crippen LogP contribution is 2.26. The molecule has 0 bridgehead atoms. The third-order valence-electron chi connectivity index (χ3n) is 4.32. The van der Waals surface area contributed by atoms with Gasteiger partial charge in [-0.3, -0.25) is 0 Å². The van der Waals surface area contributed by atoms with Crippen molar-refractivity contribution in [3.05, 3.63) is 102 Å². The number of imidazole rings is 1. The minimum atomic E-state index is -3.75. The first-order chi connectivity index (χ1) is 14.0. The second-order valence-corrected chi connectivity index (χ2v) is 8.56. The third kappa shape index (κ3) is 4.18. The van der Waals surface area contributed by atoms with Crippen molar-refractivity contribution in [1.29, 1.82) is 0 Å². The summed E-state index contributed by atoms with van der Waals surface area (Å²) in [5, 5.41) is 0.669. The van der Waals surface area contributed by atoms with E-state index in [0.717, 1.165) is 5.56 Å². The van der Waals surface area contributed by atoms with E-state index in [1.807, 2.05) is 30.3 Å². The Hall–Kier alpha value is -3.09. The van der Waals surface area contributed by atoms with Crippen LogP contribution in [-0.4, -0.2) is 17.4 Å². The van der Waals surface area contributed by atoms with Crippen LogP contribution in [0, 0.1) is 0 Å². The van der Waals surface area contributed by atoms with E-state index < -0.39 is 10.0 Å². The molecule has 0 aliphatic heterocycles. The molecule has 1 aromatic heterocycles. The molecule has 0 N–H and O–H groups in total. The normalized spacial score (nSPS) is 11.3. The van der Waals surface area contributed by atoms with Crippen LogP contribution in [0.3, 0.4) is 0 Å². The molecule has 1 heterocycles. The maximum absolute atomic E-state index is 13.0. The van der Waals surface area contributed by atoms with Gasteiger partial charge in [-0.1, -0.05) is 54.1 Å². The van der Waals surface area contributed by atoms with Crippen molar-refractivity contribution in [2.45, 2.75) is 11.5 Å². The van der Waals surface area contributed by atoms with E-state index in [2.05, 4.69) is 4.98 Å². The van der Waals surface area contributed by atoms with Crippen LogP contribution in [-0.2, 0) is 16.6 Å². The number of nitrogens with zero attached hydrogens (tertiary/aromatic N) is 2. The second kappa shape index (κ2) is 8.11. The van der Waals surface area contributed by atoms with Gasteiger partial charge >= 0.3 is 0 Å². The van der Waals surface area contributed by atoms with E-state index in [1.54, 1.807) is 48.5 Å². The standard InChI is InChI=1S/C22H17ClN2O3S/c23-19-11-9-17(10-12-19)16-28-20-6-4-5-18(15-20)22-24-13-14-25(22)29(26,27)21-7-2-1-3-8-21/h1-15H,16H2. The number of aromatic nitrogens is 2. The molecule has 7 heteroatoms. The number of hydrogen-bond acceptors (Lipinski definition) is 4. The van der Waals surface area contributed by atoms with Crippen LogP contribution in [0.5, 0.6) is 5.75 Å². The van der Waals surface area contributed by atoms with Gasteiger partial charge in [-0.05, 0) is 42.0 Å². The number of hydrogen-bond donors (Lipinski definition) is 0. The summed E-state index contributed by atoms with van der Waals surface area (Å²) < 4.78 is 33.0. The van der Waals surface area contributed by atoms with Crippen LogP contribution in [0.4, 0.5) is 0 Å². The average Bonchev–Trinajstić information content (AvgIpc) is 3.25. The van der Waals surface area contributed by atoms with Gasteiger partial charge in [0.1, 0.15) is 12.4 Å². The summed E-state index contributed by atoms with van der Waals surface area (Å²) in [5.41, 5.74) is 1.62. The molecule has 0 aliphatic carbocycles. The highest BCUT2D eigenvalue weighted by molar-refractivity contribution is 7.90. The van der Waals surface area contributed by atoms with Gasteiger partial charge in [0.25, 0.3) is 10.0 Å². The first kappa shape index (κ1) is 19.2. The lowest BCUT2D eigenvalue weighted by molar-refractivity contribution is 0.306. The number of benzene rings is 3. The summed E-state index contributed by atoms with van der Waals surface area (Å²) in [5.74, 6) is 0.940. The molecule has 0 aliphatic rings. The quantitative estimate of drug-likeness (QED) is 0.436. The first-order valence-electron chi connectivity index (χ1n) is 8.86. The molecule has 0 radical (unpaired) electrons. The largest absolute Gasteiger partial charge is 0.489 e. The highest BCUT2D eigenvalue weighted by Gasteiger charge is 2.21. The van der Waals surface area contributed by atoms with E-state index in [0.29, 0.717) is 28.8 Å². The Morgan fingerprint density at radius 2 is 1.69 bits per heavy atom. The molecular weight excluding hydrogens is 408 g/mol.